The highest BCUT2D eigenvalue weighted by Crippen LogP contribution is 2.22. The number of nitrogens with one attached hydrogen (secondary N) is 1. The van der Waals surface area contributed by atoms with Gasteiger partial charge < -0.3 is 10.1 Å². The predicted octanol–water partition coefficient (Wildman–Crippen LogP) is 3.60. The fourth-order valence-electron chi connectivity index (χ4n) is 3.51. The molecule has 3 aromatic rings. The van der Waals surface area contributed by atoms with Crippen molar-refractivity contribution in [1.82, 2.24) is 14.9 Å². The van der Waals surface area contributed by atoms with Gasteiger partial charge in [-0.05, 0) is 30.2 Å². The molecule has 27 heavy (non-hydrogen) atoms. The molecule has 1 aromatic heterocycles. The zero-order valence-corrected chi connectivity index (χ0v) is 15.4. The maximum absolute atomic E-state index is 13.9. The number of benzene rings is 2. The molecule has 1 aliphatic rings. The molecule has 1 N–H and O–H groups in total. The van der Waals surface area contributed by atoms with Gasteiger partial charge in [-0.3, -0.25) is 4.90 Å². The Morgan fingerprint density at radius 3 is 2.93 bits per heavy atom. The monoisotopic (exact) mass is 366 g/mol. The van der Waals surface area contributed by atoms with Crippen molar-refractivity contribution in [1.29, 1.82) is 0 Å². The summed E-state index contributed by atoms with van der Waals surface area (Å²) < 4.78 is 19.5. The molecule has 0 saturated carbocycles. The van der Waals surface area contributed by atoms with E-state index in [0.29, 0.717) is 23.3 Å². The fraction of sp³-hybridized carbons (Fsp3) is 0.333. The van der Waals surface area contributed by atoms with E-state index in [0.717, 1.165) is 31.8 Å². The molecular weight excluding hydrogens is 343 g/mol. The Hall–Kier alpha value is -2.57. The highest BCUT2D eigenvalue weighted by molar-refractivity contribution is 5.89. The van der Waals surface area contributed by atoms with E-state index in [4.69, 9.17) is 4.74 Å². The van der Waals surface area contributed by atoms with Crippen LogP contribution in [0.25, 0.3) is 10.9 Å². The van der Waals surface area contributed by atoms with Crippen molar-refractivity contribution >= 4 is 16.7 Å². The number of morpholine rings is 1. The quantitative estimate of drug-likeness (QED) is 0.748. The van der Waals surface area contributed by atoms with Crippen molar-refractivity contribution in [3.8, 4) is 0 Å². The number of rotatable bonds is 5. The average molecular weight is 366 g/mol. The lowest BCUT2D eigenvalue weighted by molar-refractivity contribution is -0.0212. The van der Waals surface area contributed by atoms with Crippen LogP contribution in [0.15, 0.2) is 48.8 Å². The number of halogens is 1. The van der Waals surface area contributed by atoms with Gasteiger partial charge in [-0.2, -0.15) is 0 Å². The molecule has 140 valence electrons. The molecule has 1 aliphatic heterocycles. The van der Waals surface area contributed by atoms with Crippen LogP contribution in [-0.2, 0) is 17.8 Å². The van der Waals surface area contributed by atoms with Gasteiger partial charge >= 0.3 is 0 Å². The van der Waals surface area contributed by atoms with Gasteiger partial charge in [-0.15, -0.1) is 0 Å². The maximum Gasteiger partial charge on any atom is 0.149 e. The molecule has 4 rings (SSSR count). The first kappa shape index (κ1) is 17.8. The predicted molar refractivity (Wildman–Crippen MR) is 104 cm³/mol. The van der Waals surface area contributed by atoms with Crippen molar-refractivity contribution in [2.24, 2.45) is 0 Å². The number of aromatic nitrogens is 2. The summed E-state index contributed by atoms with van der Waals surface area (Å²) in [7, 11) is 0. The lowest BCUT2D eigenvalue weighted by atomic mass is 10.1. The number of para-hydroxylation sites is 1. The molecule has 0 bridgehead atoms. The molecule has 1 atom stereocenters. The zero-order chi connectivity index (χ0) is 18.6. The van der Waals surface area contributed by atoms with E-state index in [1.54, 1.807) is 6.07 Å². The van der Waals surface area contributed by atoms with Crippen LogP contribution in [0.3, 0.4) is 0 Å². The van der Waals surface area contributed by atoms with Crippen molar-refractivity contribution in [2.75, 3.05) is 25.0 Å². The smallest absolute Gasteiger partial charge is 0.149 e. The van der Waals surface area contributed by atoms with Gasteiger partial charge in [0.2, 0.25) is 0 Å². The van der Waals surface area contributed by atoms with Gasteiger partial charge in [0.25, 0.3) is 0 Å². The highest BCUT2D eigenvalue weighted by atomic mass is 19.1. The van der Waals surface area contributed by atoms with Crippen LogP contribution in [0.4, 0.5) is 10.2 Å². The van der Waals surface area contributed by atoms with Gasteiger partial charge in [0, 0.05) is 31.6 Å². The minimum absolute atomic E-state index is 0.287. The molecule has 1 unspecified atom stereocenters. The Morgan fingerprint density at radius 2 is 2.04 bits per heavy atom. The van der Waals surface area contributed by atoms with Crippen molar-refractivity contribution in [2.45, 2.75) is 26.1 Å². The Bertz CT molecular complexity index is 933. The van der Waals surface area contributed by atoms with Gasteiger partial charge in [-0.1, -0.05) is 30.3 Å². The molecule has 6 heteroatoms. The first-order valence-corrected chi connectivity index (χ1v) is 9.24. The van der Waals surface area contributed by atoms with Gasteiger partial charge in [0.1, 0.15) is 23.5 Å². The van der Waals surface area contributed by atoms with Crippen LogP contribution in [0.1, 0.15) is 18.1 Å². The molecule has 0 spiro atoms. The topological polar surface area (TPSA) is 50.3 Å². The zero-order valence-electron chi connectivity index (χ0n) is 15.4. The summed E-state index contributed by atoms with van der Waals surface area (Å²) in [6.07, 6.45) is 1.68. The summed E-state index contributed by atoms with van der Waals surface area (Å²) >= 11 is 0. The second-order valence-electron chi connectivity index (χ2n) is 6.95. The summed E-state index contributed by atoms with van der Waals surface area (Å²) in [5.74, 6) is 0.312. The second kappa shape index (κ2) is 7.98. The summed E-state index contributed by atoms with van der Waals surface area (Å²) in [5.41, 5.74) is 2.78. The Morgan fingerprint density at radius 1 is 1.19 bits per heavy atom. The van der Waals surface area contributed by atoms with Gasteiger partial charge in [0.05, 0.1) is 12.7 Å². The fourth-order valence-corrected chi connectivity index (χ4v) is 3.51. The summed E-state index contributed by atoms with van der Waals surface area (Å²) in [5, 5.41) is 4.01. The number of hydrogen-bond acceptors (Lipinski definition) is 5. The second-order valence-corrected chi connectivity index (χ2v) is 6.95. The van der Waals surface area contributed by atoms with E-state index in [1.165, 1.54) is 18.0 Å². The van der Waals surface area contributed by atoms with E-state index in [-0.39, 0.29) is 11.9 Å². The Kier molecular flexibility index (Phi) is 5.27. The Balaban J connectivity index is 1.45. The first-order valence-electron chi connectivity index (χ1n) is 9.24. The van der Waals surface area contributed by atoms with Crippen LogP contribution in [0.2, 0.25) is 0 Å². The summed E-state index contributed by atoms with van der Waals surface area (Å²) in [4.78, 5) is 10.7. The lowest BCUT2D eigenvalue weighted by Crippen LogP contribution is -2.40. The number of hydrogen-bond donors (Lipinski definition) is 1. The summed E-state index contributed by atoms with van der Waals surface area (Å²) in [6.45, 7) is 6.37. The summed E-state index contributed by atoms with van der Waals surface area (Å²) in [6, 6.07) is 13.4. The number of fused-ring (bicyclic) bond motifs is 1. The molecule has 5 nitrogen and oxygen atoms in total. The van der Waals surface area contributed by atoms with E-state index < -0.39 is 0 Å². The molecule has 1 fully saturated rings. The third kappa shape index (κ3) is 4.23. The number of nitrogens with zero attached hydrogens (tertiary/aromatic N) is 3. The van der Waals surface area contributed by atoms with E-state index in [2.05, 4.69) is 51.4 Å². The van der Waals surface area contributed by atoms with Crippen LogP contribution < -0.4 is 5.32 Å². The molecular formula is C21H23FN4O. The SMILES string of the molecule is CC1CN(Cc2cccc(CNc3ncnc4c(F)cccc34)c2)CCO1. The maximum atomic E-state index is 13.9. The van der Waals surface area contributed by atoms with Gasteiger partial charge in [0.15, 0.2) is 0 Å². The number of ether oxygens (including phenoxy) is 1. The normalized spacial score (nSPS) is 17.9. The van der Waals surface area contributed by atoms with Crippen LogP contribution >= 0.6 is 0 Å². The standard InChI is InChI=1S/C21H23FN4O/c1-15-12-26(8-9-27-15)13-17-5-2-4-16(10-17)11-23-21-18-6-3-7-19(22)20(18)24-14-25-21/h2-7,10,14-15H,8-9,11-13H2,1H3,(H,23,24,25). The van der Waals surface area contributed by atoms with Crippen molar-refractivity contribution in [3.63, 3.8) is 0 Å². The molecule has 0 radical (unpaired) electrons. The third-order valence-electron chi connectivity index (χ3n) is 4.80. The van der Waals surface area contributed by atoms with E-state index in [1.807, 2.05) is 6.07 Å². The largest absolute Gasteiger partial charge is 0.376 e. The minimum atomic E-state index is -0.334. The van der Waals surface area contributed by atoms with Crippen LogP contribution in [0, 0.1) is 5.82 Å². The lowest BCUT2D eigenvalue weighted by Gasteiger charge is -2.31. The molecule has 2 aromatic carbocycles. The van der Waals surface area contributed by atoms with Crippen LogP contribution in [0.5, 0.6) is 0 Å². The van der Waals surface area contributed by atoms with Crippen LogP contribution in [-0.4, -0.2) is 40.7 Å². The van der Waals surface area contributed by atoms with Crippen molar-refractivity contribution < 1.29 is 9.13 Å². The minimum Gasteiger partial charge on any atom is -0.376 e. The molecule has 2 heterocycles. The van der Waals surface area contributed by atoms with Crippen molar-refractivity contribution in [3.05, 3.63) is 65.7 Å². The third-order valence-corrected chi connectivity index (χ3v) is 4.80. The first-order chi connectivity index (χ1) is 13.2. The Labute approximate surface area is 158 Å². The molecule has 1 saturated heterocycles. The van der Waals surface area contributed by atoms with E-state index >= 15 is 0 Å². The highest BCUT2D eigenvalue weighted by Gasteiger charge is 2.16. The number of anilines is 1. The van der Waals surface area contributed by atoms with Gasteiger partial charge in [-0.25, -0.2) is 14.4 Å². The molecule has 0 aliphatic carbocycles. The van der Waals surface area contributed by atoms with E-state index in [9.17, 15) is 4.39 Å². The average Bonchev–Trinajstić information content (AvgIpc) is 2.67. The molecule has 0 amide bonds.